The van der Waals surface area contributed by atoms with Crippen LogP contribution in [0.1, 0.15) is 0 Å². The van der Waals surface area contributed by atoms with Gasteiger partial charge >= 0.3 is 5.97 Å². The number of aromatic nitrogens is 1. The topological polar surface area (TPSA) is 85.4 Å². The molecule has 0 aliphatic rings. The molecule has 0 aliphatic carbocycles. The van der Waals surface area contributed by atoms with Gasteiger partial charge in [0.2, 0.25) is 0 Å². The van der Waals surface area contributed by atoms with Gasteiger partial charge in [-0.1, -0.05) is 11.3 Å². The Labute approximate surface area is 72.8 Å². The van der Waals surface area contributed by atoms with Crippen molar-refractivity contribution in [3.8, 4) is 5.19 Å². The van der Waals surface area contributed by atoms with E-state index >= 15 is 0 Å². The largest absolute Gasteiger partial charge is 0.480 e. The first kappa shape index (κ1) is 8.95. The molecule has 0 fully saturated rings. The van der Waals surface area contributed by atoms with Crippen LogP contribution in [-0.2, 0) is 4.79 Å². The second-order valence-corrected chi connectivity index (χ2v) is 2.91. The predicted molar refractivity (Wildman–Crippen MR) is 43.2 cm³/mol. The number of carboxylic acids is 1. The van der Waals surface area contributed by atoms with Crippen molar-refractivity contribution in [2.24, 2.45) is 5.73 Å². The summed E-state index contributed by atoms with van der Waals surface area (Å²) in [4.78, 5) is 14.0. The van der Waals surface area contributed by atoms with Crippen molar-refractivity contribution < 1.29 is 14.6 Å². The maximum Gasteiger partial charge on any atom is 0.324 e. The summed E-state index contributed by atoms with van der Waals surface area (Å²) < 4.78 is 4.97. The highest BCUT2D eigenvalue weighted by atomic mass is 32.1. The molecule has 0 saturated heterocycles. The Bertz CT molecular complexity index is 249. The lowest BCUT2D eigenvalue weighted by Crippen LogP contribution is -2.36. The molecule has 1 heterocycles. The van der Waals surface area contributed by atoms with E-state index in [4.69, 9.17) is 15.6 Å². The van der Waals surface area contributed by atoms with Gasteiger partial charge in [-0.2, -0.15) is 0 Å². The Morgan fingerprint density at radius 3 is 3.17 bits per heavy atom. The van der Waals surface area contributed by atoms with Crippen LogP contribution >= 0.6 is 11.3 Å². The zero-order valence-corrected chi connectivity index (χ0v) is 6.95. The Morgan fingerprint density at radius 2 is 2.67 bits per heavy atom. The Kier molecular flexibility index (Phi) is 3.01. The average molecular weight is 188 g/mol. The zero-order valence-electron chi connectivity index (χ0n) is 6.14. The fourth-order valence-electron chi connectivity index (χ4n) is 0.514. The minimum atomic E-state index is -1.08. The van der Waals surface area contributed by atoms with Gasteiger partial charge in [-0.25, -0.2) is 4.98 Å². The van der Waals surface area contributed by atoms with Crippen LogP contribution in [-0.4, -0.2) is 28.7 Å². The fraction of sp³-hybridized carbons (Fsp3) is 0.333. The second kappa shape index (κ2) is 4.03. The van der Waals surface area contributed by atoms with E-state index in [0.717, 1.165) is 0 Å². The normalized spacial score (nSPS) is 12.4. The van der Waals surface area contributed by atoms with Crippen LogP contribution in [0.15, 0.2) is 11.6 Å². The number of nitrogens with zero attached hydrogens (tertiary/aromatic N) is 1. The van der Waals surface area contributed by atoms with Crippen LogP contribution in [0, 0.1) is 0 Å². The quantitative estimate of drug-likeness (QED) is 0.691. The number of carbonyl (C=O) groups is 1. The molecule has 1 aromatic rings. The summed E-state index contributed by atoms with van der Waals surface area (Å²) in [6.45, 7) is -0.0527. The maximum atomic E-state index is 10.2. The Balaban J connectivity index is 2.31. The van der Waals surface area contributed by atoms with Crippen molar-refractivity contribution in [3.63, 3.8) is 0 Å². The highest BCUT2D eigenvalue weighted by molar-refractivity contribution is 7.11. The van der Waals surface area contributed by atoms with Crippen LogP contribution in [0.2, 0.25) is 0 Å². The van der Waals surface area contributed by atoms with E-state index in [2.05, 4.69) is 4.98 Å². The van der Waals surface area contributed by atoms with Gasteiger partial charge in [0.25, 0.3) is 5.19 Å². The van der Waals surface area contributed by atoms with Crippen molar-refractivity contribution in [2.75, 3.05) is 6.61 Å². The summed E-state index contributed by atoms with van der Waals surface area (Å²) >= 11 is 1.29. The number of hydrogen-bond donors (Lipinski definition) is 2. The molecule has 12 heavy (non-hydrogen) atoms. The van der Waals surface area contributed by atoms with Gasteiger partial charge < -0.3 is 15.6 Å². The van der Waals surface area contributed by atoms with Crippen molar-refractivity contribution >= 4 is 17.3 Å². The van der Waals surface area contributed by atoms with E-state index in [9.17, 15) is 4.79 Å². The van der Waals surface area contributed by atoms with E-state index in [1.54, 1.807) is 11.6 Å². The SMILES string of the molecule is N[C@@H](COc1nccs1)C(=O)O. The van der Waals surface area contributed by atoms with Crippen molar-refractivity contribution in [2.45, 2.75) is 6.04 Å². The molecule has 0 saturated carbocycles. The first-order valence-electron chi connectivity index (χ1n) is 3.21. The molecule has 5 nitrogen and oxygen atoms in total. The first-order chi connectivity index (χ1) is 5.70. The lowest BCUT2D eigenvalue weighted by molar-refractivity contribution is -0.139. The minimum absolute atomic E-state index is 0.0527. The zero-order chi connectivity index (χ0) is 8.97. The van der Waals surface area contributed by atoms with Gasteiger partial charge in [-0.3, -0.25) is 4.79 Å². The third kappa shape index (κ3) is 2.48. The third-order valence-corrected chi connectivity index (χ3v) is 1.80. The Morgan fingerprint density at radius 1 is 1.92 bits per heavy atom. The molecule has 0 spiro atoms. The summed E-state index contributed by atoms with van der Waals surface area (Å²) in [5, 5.41) is 10.6. The highest BCUT2D eigenvalue weighted by Gasteiger charge is 2.12. The molecule has 1 aromatic heterocycles. The summed E-state index contributed by atoms with van der Waals surface area (Å²) in [6.07, 6.45) is 1.58. The van der Waals surface area contributed by atoms with Crippen LogP contribution in [0.5, 0.6) is 5.19 Å². The molecule has 0 radical (unpaired) electrons. The minimum Gasteiger partial charge on any atom is -0.480 e. The molecule has 0 bridgehead atoms. The van der Waals surface area contributed by atoms with E-state index < -0.39 is 12.0 Å². The van der Waals surface area contributed by atoms with E-state index in [0.29, 0.717) is 5.19 Å². The van der Waals surface area contributed by atoms with Gasteiger partial charge in [0.05, 0.1) is 0 Å². The molecular weight excluding hydrogens is 180 g/mol. The number of nitrogens with two attached hydrogens (primary N) is 1. The average Bonchev–Trinajstić information content (AvgIpc) is 2.51. The number of carboxylic acid groups (broad SMARTS) is 1. The monoisotopic (exact) mass is 188 g/mol. The van der Waals surface area contributed by atoms with Gasteiger partial charge in [-0.05, 0) is 0 Å². The van der Waals surface area contributed by atoms with Gasteiger partial charge in [0.15, 0.2) is 0 Å². The van der Waals surface area contributed by atoms with Crippen molar-refractivity contribution in [1.82, 2.24) is 4.98 Å². The fourth-order valence-corrected chi connectivity index (χ4v) is 1.01. The van der Waals surface area contributed by atoms with Crippen LogP contribution in [0.25, 0.3) is 0 Å². The van der Waals surface area contributed by atoms with Gasteiger partial charge in [-0.15, -0.1) is 0 Å². The molecular formula is C6H8N2O3S. The molecule has 0 aromatic carbocycles. The Hall–Kier alpha value is -1.14. The van der Waals surface area contributed by atoms with Gasteiger partial charge in [0.1, 0.15) is 12.6 Å². The smallest absolute Gasteiger partial charge is 0.324 e. The predicted octanol–water partition coefficient (Wildman–Crippen LogP) is -0.0662. The molecule has 0 aliphatic heterocycles. The third-order valence-electron chi connectivity index (χ3n) is 1.11. The lowest BCUT2D eigenvalue weighted by Gasteiger charge is -2.05. The lowest BCUT2D eigenvalue weighted by atomic mass is 10.3. The standard InChI is InChI=1S/C6H8N2O3S/c7-4(5(9)10)3-11-6-8-1-2-12-6/h1-2,4H,3,7H2,(H,9,10)/t4-/m0/s1. The number of rotatable bonds is 4. The summed E-state index contributed by atoms with van der Waals surface area (Å²) in [5.41, 5.74) is 5.19. The molecule has 0 amide bonds. The van der Waals surface area contributed by atoms with Crippen LogP contribution in [0.4, 0.5) is 0 Å². The number of hydrogen-bond acceptors (Lipinski definition) is 5. The number of thiazole rings is 1. The molecule has 1 rings (SSSR count). The number of aliphatic carboxylic acids is 1. The first-order valence-corrected chi connectivity index (χ1v) is 4.09. The van der Waals surface area contributed by atoms with E-state index in [-0.39, 0.29) is 6.61 Å². The van der Waals surface area contributed by atoms with Crippen LogP contribution in [0.3, 0.4) is 0 Å². The second-order valence-electron chi connectivity index (χ2n) is 2.05. The van der Waals surface area contributed by atoms with Crippen molar-refractivity contribution in [1.29, 1.82) is 0 Å². The maximum absolute atomic E-state index is 10.2. The van der Waals surface area contributed by atoms with Crippen molar-refractivity contribution in [3.05, 3.63) is 11.6 Å². The number of ether oxygens (including phenoxy) is 1. The molecule has 6 heteroatoms. The molecule has 0 unspecified atom stereocenters. The molecule has 1 atom stereocenters. The molecule has 66 valence electrons. The highest BCUT2D eigenvalue weighted by Crippen LogP contribution is 2.13. The summed E-state index contributed by atoms with van der Waals surface area (Å²) in [7, 11) is 0. The van der Waals surface area contributed by atoms with Gasteiger partial charge in [0, 0.05) is 11.6 Å². The van der Waals surface area contributed by atoms with E-state index in [1.165, 1.54) is 11.3 Å². The van der Waals surface area contributed by atoms with E-state index in [1.807, 2.05) is 0 Å². The summed E-state index contributed by atoms with van der Waals surface area (Å²) in [5.74, 6) is -1.08. The molecule has 3 N–H and O–H groups in total. The summed E-state index contributed by atoms with van der Waals surface area (Å²) in [6, 6.07) is -0.992. The van der Waals surface area contributed by atoms with Crippen LogP contribution < -0.4 is 10.5 Å².